The predicted octanol–water partition coefficient (Wildman–Crippen LogP) is 3.83. The van der Waals surface area contributed by atoms with E-state index in [0.29, 0.717) is 11.1 Å². The zero-order valence-electron chi connectivity index (χ0n) is 15.5. The number of benzene rings is 2. The Morgan fingerprint density at radius 3 is 2.14 bits per heavy atom. The van der Waals surface area contributed by atoms with Gasteiger partial charge in [0.2, 0.25) is 5.54 Å². The van der Waals surface area contributed by atoms with Crippen molar-refractivity contribution in [1.29, 1.82) is 0 Å². The third-order valence-electron chi connectivity index (χ3n) is 3.91. The molecule has 29 heavy (non-hydrogen) atoms. The van der Waals surface area contributed by atoms with E-state index in [9.17, 15) is 22.8 Å². The van der Waals surface area contributed by atoms with Crippen molar-refractivity contribution in [3.63, 3.8) is 0 Å². The number of amides is 1. The molecule has 1 unspecified atom stereocenters. The van der Waals surface area contributed by atoms with E-state index in [1.54, 1.807) is 66.0 Å². The van der Waals surface area contributed by atoms with Crippen molar-refractivity contribution in [2.75, 3.05) is 7.11 Å². The van der Waals surface area contributed by atoms with Gasteiger partial charge in [0.1, 0.15) is 6.61 Å². The van der Waals surface area contributed by atoms with Crippen LogP contribution in [-0.4, -0.2) is 30.9 Å². The summed E-state index contributed by atoms with van der Waals surface area (Å²) in [5.41, 5.74) is -2.33. The first-order valence-corrected chi connectivity index (χ1v) is 8.46. The highest BCUT2D eigenvalue weighted by Gasteiger charge is 2.62. The van der Waals surface area contributed by atoms with Crippen LogP contribution in [0.1, 0.15) is 17.5 Å². The summed E-state index contributed by atoms with van der Waals surface area (Å²) in [7, 11) is 0.796. The molecule has 0 heterocycles. The molecule has 0 fully saturated rings. The summed E-state index contributed by atoms with van der Waals surface area (Å²) >= 11 is 0. The molecule has 1 atom stereocenters. The number of hydrogen-bond acceptors (Lipinski definition) is 4. The molecule has 8 heteroatoms. The van der Waals surface area contributed by atoms with Crippen LogP contribution in [0.4, 0.5) is 18.0 Å². The molecular weight excluding hydrogens is 387 g/mol. The Labute approximate surface area is 165 Å². The Bertz CT molecular complexity index is 889. The molecule has 0 aliphatic carbocycles. The van der Waals surface area contributed by atoms with E-state index < -0.39 is 30.2 Å². The molecule has 0 aliphatic rings. The maximum Gasteiger partial charge on any atom is 0.423 e. The second-order valence-corrected chi connectivity index (χ2v) is 5.93. The summed E-state index contributed by atoms with van der Waals surface area (Å²) in [6.07, 6.45) is -7.63. The summed E-state index contributed by atoms with van der Waals surface area (Å²) in [6, 6.07) is 16.6. The lowest BCUT2D eigenvalue weighted by molar-refractivity contribution is -0.209. The fourth-order valence-corrected chi connectivity index (χ4v) is 2.36. The molecule has 2 rings (SSSR count). The van der Waals surface area contributed by atoms with E-state index >= 15 is 0 Å². The molecule has 0 radical (unpaired) electrons. The number of hydrogen-bond donors (Lipinski definition) is 1. The maximum absolute atomic E-state index is 13.8. The highest BCUT2D eigenvalue weighted by atomic mass is 19.4. The molecule has 1 amide bonds. The van der Waals surface area contributed by atoms with Gasteiger partial charge in [-0.3, -0.25) is 5.32 Å². The lowest BCUT2D eigenvalue weighted by Gasteiger charge is -2.31. The van der Waals surface area contributed by atoms with E-state index in [1.165, 1.54) is 0 Å². The van der Waals surface area contributed by atoms with Crippen molar-refractivity contribution in [3.05, 3.63) is 71.8 Å². The monoisotopic (exact) mass is 405 g/mol. The lowest BCUT2D eigenvalue weighted by atomic mass is 9.94. The van der Waals surface area contributed by atoms with Gasteiger partial charge >= 0.3 is 18.2 Å². The average molecular weight is 405 g/mol. The van der Waals surface area contributed by atoms with Gasteiger partial charge in [-0.15, -0.1) is 0 Å². The Morgan fingerprint density at radius 1 is 1.00 bits per heavy atom. The second-order valence-electron chi connectivity index (χ2n) is 5.93. The van der Waals surface area contributed by atoms with Crippen LogP contribution in [0.3, 0.4) is 0 Å². The summed E-state index contributed by atoms with van der Waals surface area (Å²) in [6.45, 7) is -0.266. The fraction of sp³-hybridized carbons (Fsp3) is 0.238. The number of carbonyl (C=O) groups excluding carboxylic acids is 2. The van der Waals surface area contributed by atoms with Crippen molar-refractivity contribution >= 4 is 12.1 Å². The van der Waals surface area contributed by atoms with E-state index in [-0.39, 0.29) is 6.61 Å². The molecule has 1 N–H and O–H groups in total. The van der Waals surface area contributed by atoms with Crippen molar-refractivity contribution < 1.29 is 32.2 Å². The number of alkyl halides is 3. The van der Waals surface area contributed by atoms with Gasteiger partial charge in [-0.25, -0.2) is 9.59 Å². The Balaban J connectivity index is 2.22. The van der Waals surface area contributed by atoms with Crippen LogP contribution in [0.25, 0.3) is 0 Å². The summed E-state index contributed by atoms with van der Waals surface area (Å²) in [4.78, 5) is 24.1. The topological polar surface area (TPSA) is 64.6 Å². The first kappa shape index (κ1) is 21.8. The van der Waals surface area contributed by atoms with Crippen molar-refractivity contribution in [2.24, 2.45) is 0 Å². The van der Waals surface area contributed by atoms with Gasteiger partial charge in [-0.05, 0) is 17.7 Å². The molecule has 2 aromatic carbocycles. The van der Waals surface area contributed by atoms with Crippen molar-refractivity contribution in [2.45, 2.75) is 24.7 Å². The predicted molar refractivity (Wildman–Crippen MR) is 98.5 cm³/mol. The highest BCUT2D eigenvalue weighted by Crippen LogP contribution is 2.34. The molecule has 2 aromatic rings. The largest absolute Gasteiger partial charge is 0.467 e. The zero-order valence-corrected chi connectivity index (χ0v) is 15.5. The molecule has 0 spiro atoms. The molecular formula is C21H18F3NO4. The first-order chi connectivity index (χ1) is 13.8. The molecule has 0 bridgehead atoms. The minimum atomic E-state index is -5.17. The van der Waals surface area contributed by atoms with Gasteiger partial charge in [0.05, 0.1) is 13.5 Å². The standard InChI is InChI=1S/C21H18F3NO4/c1-28-18(26)20(21(22,23)24,14-8-13-16-9-4-2-5-10-16)25-19(27)29-15-17-11-6-3-7-12-17/h2-7,9-12H,14-15H2,1H3,(H,25,27). The summed E-state index contributed by atoms with van der Waals surface area (Å²) in [5.74, 6) is 3.14. The summed E-state index contributed by atoms with van der Waals surface area (Å²) in [5, 5.41) is 1.61. The highest BCUT2D eigenvalue weighted by molar-refractivity contribution is 5.87. The maximum atomic E-state index is 13.8. The van der Waals surface area contributed by atoms with E-state index in [2.05, 4.69) is 16.6 Å². The molecule has 0 aliphatic heterocycles. The summed E-state index contributed by atoms with van der Waals surface area (Å²) < 4.78 is 50.6. The smallest absolute Gasteiger partial charge is 0.423 e. The van der Waals surface area contributed by atoms with Crippen LogP contribution in [0.15, 0.2) is 60.7 Å². The van der Waals surface area contributed by atoms with E-state index in [0.717, 1.165) is 7.11 Å². The van der Waals surface area contributed by atoms with Crippen LogP contribution in [0.5, 0.6) is 0 Å². The SMILES string of the molecule is COC(=O)C(CC#Cc1ccccc1)(NC(=O)OCc1ccccc1)C(F)(F)F. The number of nitrogens with one attached hydrogen (secondary N) is 1. The van der Waals surface area contributed by atoms with Gasteiger partial charge in [-0.1, -0.05) is 60.4 Å². The number of rotatable bonds is 5. The van der Waals surface area contributed by atoms with Crippen molar-refractivity contribution in [3.8, 4) is 11.8 Å². The van der Waals surface area contributed by atoms with Gasteiger partial charge in [0.25, 0.3) is 0 Å². The van der Waals surface area contributed by atoms with E-state index in [1.807, 2.05) is 0 Å². The molecule has 152 valence electrons. The minimum absolute atomic E-state index is 0.266. The van der Waals surface area contributed by atoms with Gasteiger partial charge in [0, 0.05) is 5.56 Å². The van der Waals surface area contributed by atoms with Crippen LogP contribution in [0.2, 0.25) is 0 Å². The molecule has 0 aromatic heterocycles. The Kier molecular flexibility index (Phi) is 7.26. The number of esters is 1. The number of halogens is 3. The third-order valence-corrected chi connectivity index (χ3v) is 3.91. The zero-order chi connectivity index (χ0) is 21.3. The molecule has 5 nitrogen and oxygen atoms in total. The fourth-order valence-electron chi connectivity index (χ4n) is 2.36. The number of alkyl carbamates (subject to hydrolysis) is 1. The molecule has 0 saturated carbocycles. The minimum Gasteiger partial charge on any atom is -0.467 e. The number of carbonyl (C=O) groups is 2. The number of methoxy groups -OCH3 is 1. The van der Waals surface area contributed by atoms with Gasteiger partial charge < -0.3 is 9.47 Å². The Morgan fingerprint density at radius 2 is 1.59 bits per heavy atom. The number of ether oxygens (including phenoxy) is 2. The van der Waals surface area contributed by atoms with Gasteiger partial charge in [0.15, 0.2) is 0 Å². The van der Waals surface area contributed by atoms with Gasteiger partial charge in [-0.2, -0.15) is 13.2 Å². The normalized spacial score (nSPS) is 12.7. The van der Waals surface area contributed by atoms with Crippen molar-refractivity contribution in [1.82, 2.24) is 5.32 Å². The lowest BCUT2D eigenvalue weighted by Crippen LogP contribution is -2.64. The molecule has 0 saturated heterocycles. The van der Waals surface area contributed by atoms with Crippen LogP contribution < -0.4 is 5.32 Å². The second kappa shape index (κ2) is 9.64. The Hall–Kier alpha value is -3.47. The van der Waals surface area contributed by atoms with Crippen LogP contribution in [0, 0.1) is 11.8 Å². The first-order valence-electron chi connectivity index (χ1n) is 8.46. The quantitative estimate of drug-likeness (QED) is 0.607. The average Bonchev–Trinajstić information content (AvgIpc) is 2.71. The van der Waals surface area contributed by atoms with Crippen LogP contribution >= 0.6 is 0 Å². The van der Waals surface area contributed by atoms with E-state index in [4.69, 9.17) is 4.74 Å². The third kappa shape index (κ3) is 5.75. The van der Waals surface area contributed by atoms with Crippen LogP contribution in [-0.2, 0) is 20.9 Å².